The molecule has 0 aromatic heterocycles. The Bertz CT molecular complexity index is 1360. The van der Waals surface area contributed by atoms with Crippen LogP contribution >= 0.6 is 0 Å². The summed E-state index contributed by atoms with van der Waals surface area (Å²) in [7, 11) is 0. The van der Waals surface area contributed by atoms with Crippen molar-refractivity contribution in [3.8, 4) is 0 Å². The van der Waals surface area contributed by atoms with Crippen molar-refractivity contribution in [1.82, 2.24) is 10.2 Å². The number of ether oxygens (including phenoxy) is 1. The Morgan fingerprint density at radius 1 is 1.06 bits per heavy atom. The number of rotatable bonds is 10. The summed E-state index contributed by atoms with van der Waals surface area (Å²) in [6.45, 7) is 7.11. The monoisotopic (exact) mass is 658 g/mol. The normalized spacial score (nSPS) is 36.9. The third-order valence-electron chi connectivity index (χ3n) is 12.5. The number of nitrogens with one attached hydrogen (secondary N) is 1. The van der Waals surface area contributed by atoms with Crippen molar-refractivity contribution in [3.63, 3.8) is 0 Å². The van der Waals surface area contributed by atoms with Gasteiger partial charge < -0.3 is 30.3 Å². The van der Waals surface area contributed by atoms with Gasteiger partial charge in [0.1, 0.15) is 17.7 Å². The molecule has 4 fully saturated rings. The Balaban J connectivity index is 1.15. The Morgan fingerprint density at radius 2 is 1.79 bits per heavy atom. The van der Waals surface area contributed by atoms with Gasteiger partial charge in [-0.05, 0) is 86.5 Å². The quantitative estimate of drug-likeness (QED) is 0.254. The summed E-state index contributed by atoms with van der Waals surface area (Å²) >= 11 is 0. The Hall–Kier alpha value is -3.12. The minimum absolute atomic E-state index is 0.0109. The van der Waals surface area contributed by atoms with E-state index in [0.29, 0.717) is 38.6 Å². The lowest BCUT2D eigenvalue weighted by molar-refractivity contribution is -0.184. The van der Waals surface area contributed by atoms with E-state index in [9.17, 15) is 44.1 Å². The van der Waals surface area contributed by atoms with E-state index in [0.717, 1.165) is 18.4 Å². The maximum Gasteiger partial charge on any atom is 0.326 e. The summed E-state index contributed by atoms with van der Waals surface area (Å²) in [5.41, 5.74) is -1.88. The number of amides is 2. The summed E-state index contributed by atoms with van der Waals surface area (Å²) < 4.78 is 5.24. The lowest BCUT2D eigenvalue weighted by Crippen LogP contribution is -2.62. The Labute approximate surface area is 275 Å². The van der Waals surface area contributed by atoms with Crippen molar-refractivity contribution >= 4 is 35.3 Å². The number of Topliss-reactive ketones (excluding diaryl/α,β-unsaturated/α-hetero) is 1. The molecule has 0 aromatic carbocycles. The molecule has 4 aliphatic carbocycles. The first-order valence-electron chi connectivity index (χ1n) is 17.2. The third kappa shape index (κ3) is 6.16. The zero-order valence-electron chi connectivity index (χ0n) is 28.0. The van der Waals surface area contributed by atoms with Crippen LogP contribution in [-0.4, -0.2) is 92.5 Å². The van der Waals surface area contributed by atoms with E-state index in [1.165, 1.54) is 4.90 Å². The standard InChI is InChI=1S/C35H50N2O10/c1-19(2)30(31(43)37-15-5-6-24(37)32(44)45)36-27(41)9-10-28(42)47-18-26(40)35(46)14-12-23-22-8-7-20-16-21(38)11-13-33(20,3)29(22)25(39)17-34(23,35)4/h16,19,22-25,29-30,39,46H,5-15,17-18H2,1-4H3,(H,36,41)(H,44,45)/t22-,23-,24+,25+,29+,30-,33-,34-,35-/m0/s1. The maximum absolute atomic E-state index is 13.5. The van der Waals surface area contributed by atoms with E-state index in [1.54, 1.807) is 19.9 Å². The van der Waals surface area contributed by atoms with Crippen LogP contribution in [0.1, 0.15) is 98.3 Å². The number of hydrogen-bond donors (Lipinski definition) is 4. The van der Waals surface area contributed by atoms with Gasteiger partial charge in [-0.15, -0.1) is 0 Å². The second-order valence-corrected chi connectivity index (χ2v) is 15.4. The first-order chi connectivity index (χ1) is 22.0. The maximum atomic E-state index is 13.5. The fourth-order valence-corrected chi connectivity index (χ4v) is 9.93. The van der Waals surface area contributed by atoms with Crippen LogP contribution in [-0.2, 0) is 33.5 Å². The van der Waals surface area contributed by atoms with E-state index in [4.69, 9.17) is 4.74 Å². The van der Waals surface area contributed by atoms with E-state index >= 15 is 0 Å². The van der Waals surface area contributed by atoms with Crippen LogP contribution in [0.2, 0.25) is 0 Å². The van der Waals surface area contributed by atoms with Gasteiger partial charge in [-0.3, -0.25) is 24.0 Å². The van der Waals surface area contributed by atoms with Gasteiger partial charge in [-0.1, -0.05) is 33.3 Å². The van der Waals surface area contributed by atoms with E-state index in [-0.39, 0.29) is 60.6 Å². The van der Waals surface area contributed by atoms with Crippen LogP contribution in [0.3, 0.4) is 0 Å². The van der Waals surface area contributed by atoms with Gasteiger partial charge in [-0.25, -0.2) is 4.79 Å². The van der Waals surface area contributed by atoms with E-state index < -0.39 is 65.3 Å². The fraction of sp³-hybridized carbons (Fsp3) is 0.771. The second kappa shape index (κ2) is 13.1. The van der Waals surface area contributed by atoms with Crippen molar-refractivity contribution < 1.29 is 48.8 Å². The number of carbonyl (C=O) groups is 6. The van der Waals surface area contributed by atoms with Crippen LogP contribution < -0.4 is 5.32 Å². The summed E-state index contributed by atoms with van der Waals surface area (Å²) in [4.78, 5) is 76.9. The van der Waals surface area contributed by atoms with Gasteiger partial charge in [0.05, 0.1) is 12.5 Å². The molecule has 260 valence electrons. The molecule has 0 aromatic rings. The number of carboxylic acid groups (broad SMARTS) is 1. The highest BCUT2D eigenvalue weighted by Gasteiger charge is 2.68. The molecule has 0 spiro atoms. The van der Waals surface area contributed by atoms with Crippen molar-refractivity contribution in [2.45, 2.75) is 122 Å². The number of aliphatic hydroxyl groups excluding tert-OH is 1. The molecule has 47 heavy (non-hydrogen) atoms. The number of fused-ring (bicyclic) bond motifs is 5. The minimum Gasteiger partial charge on any atom is -0.480 e. The molecule has 12 heteroatoms. The number of ketones is 2. The summed E-state index contributed by atoms with van der Waals surface area (Å²) in [5, 5.41) is 35.5. The van der Waals surface area contributed by atoms with Gasteiger partial charge >= 0.3 is 11.9 Å². The molecule has 0 bridgehead atoms. The molecule has 2 amide bonds. The summed E-state index contributed by atoms with van der Waals surface area (Å²) in [5.74, 6) is -3.75. The smallest absolute Gasteiger partial charge is 0.326 e. The SMILES string of the molecule is CC(C)[C@H](NC(=O)CCC(=O)OCC(=O)[C@@]1(O)CC[C@H]2[C@@H]3CCC4=CC(=O)CC[C@]4(C)[C@H]3[C@H](O)C[C@@]21C)C(=O)N1CCC[C@@H]1C(=O)O. The van der Waals surface area contributed by atoms with Crippen LogP contribution in [0.5, 0.6) is 0 Å². The summed E-state index contributed by atoms with van der Waals surface area (Å²) in [6, 6.07) is -1.88. The van der Waals surface area contributed by atoms with Crippen molar-refractivity contribution in [3.05, 3.63) is 11.6 Å². The molecular weight excluding hydrogens is 608 g/mol. The van der Waals surface area contributed by atoms with Crippen LogP contribution in [0.4, 0.5) is 0 Å². The molecule has 1 saturated heterocycles. The number of likely N-dealkylation sites (tertiary alicyclic amines) is 1. The van der Waals surface area contributed by atoms with Gasteiger partial charge in [0.25, 0.3) is 0 Å². The average molecular weight is 659 g/mol. The minimum atomic E-state index is -1.78. The largest absolute Gasteiger partial charge is 0.480 e. The molecule has 5 rings (SSSR count). The van der Waals surface area contributed by atoms with E-state index in [2.05, 4.69) is 12.2 Å². The number of carbonyl (C=O) groups excluding carboxylic acids is 5. The average Bonchev–Trinajstić information content (AvgIpc) is 3.61. The molecule has 4 N–H and O–H groups in total. The molecule has 9 atom stereocenters. The highest BCUT2D eigenvalue weighted by atomic mass is 16.5. The highest BCUT2D eigenvalue weighted by Crippen LogP contribution is 2.67. The molecule has 1 heterocycles. The fourth-order valence-electron chi connectivity index (χ4n) is 9.93. The number of aliphatic carboxylic acids is 1. The molecular formula is C35H50N2O10. The lowest BCUT2D eigenvalue weighted by atomic mass is 9.45. The van der Waals surface area contributed by atoms with Crippen LogP contribution in [0, 0.1) is 34.5 Å². The number of hydrogen-bond acceptors (Lipinski definition) is 9. The Kier molecular flexibility index (Phi) is 9.78. The first kappa shape index (κ1) is 35.2. The number of nitrogens with zero attached hydrogens (tertiary/aromatic N) is 1. The lowest BCUT2D eigenvalue weighted by Gasteiger charge is -2.60. The van der Waals surface area contributed by atoms with Crippen molar-refractivity contribution in [2.75, 3.05) is 13.2 Å². The van der Waals surface area contributed by atoms with Crippen LogP contribution in [0.25, 0.3) is 0 Å². The zero-order chi connectivity index (χ0) is 34.5. The topological polar surface area (TPSA) is 188 Å². The predicted molar refractivity (Wildman–Crippen MR) is 167 cm³/mol. The van der Waals surface area contributed by atoms with Gasteiger partial charge in [0, 0.05) is 24.8 Å². The zero-order valence-corrected chi connectivity index (χ0v) is 28.0. The molecule has 0 unspecified atom stereocenters. The molecule has 5 aliphatic rings. The van der Waals surface area contributed by atoms with Crippen LogP contribution in [0.15, 0.2) is 11.6 Å². The number of aliphatic hydroxyl groups is 2. The Morgan fingerprint density at radius 3 is 2.47 bits per heavy atom. The van der Waals surface area contributed by atoms with Crippen molar-refractivity contribution in [2.24, 2.45) is 34.5 Å². The molecule has 12 nitrogen and oxygen atoms in total. The molecule has 3 saturated carbocycles. The number of carboxylic acids is 1. The van der Waals surface area contributed by atoms with Gasteiger partial charge in [0.2, 0.25) is 17.6 Å². The number of allylic oxidation sites excluding steroid dienone is 1. The highest BCUT2D eigenvalue weighted by molar-refractivity contribution is 5.93. The first-order valence-corrected chi connectivity index (χ1v) is 17.2. The predicted octanol–water partition coefficient (Wildman–Crippen LogP) is 2.33. The van der Waals surface area contributed by atoms with E-state index in [1.807, 2.05) is 6.92 Å². The molecule has 0 radical (unpaired) electrons. The molecule has 1 aliphatic heterocycles. The van der Waals surface area contributed by atoms with Gasteiger partial charge in [0.15, 0.2) is 12.4 Å². The van der Waals surface area contributed by atoms with Gasteiger partial charge in [-0.2, -0.15) is 0 Å². The third-order valence-corrected chi connectivity index (χ3v) is 12.5. The van der Waals surface area contributed by atoms with Crippen molar-refractivity contribution in [1.29, 1.82) is 0 Å². The second-order valence-electron chi connectivity index (χ2n) is 15.4. The summed E-state index contributed by atoms with van der Waals surface area (Å²) in [6.07, 6.45) is 4.97. The number of esters is 1.